The average Bonchev–Trinajstić information content (AvgIpc) is 2.30. The fraction of sp³-hybridized carbons (Fsp3) is 0.400. The van der Waals surface area contributed by atoms with Gasteiger partial charge in [-0.3, -0.25) is 0 Å². The first-order valence-electron chi connectivity index (χ1n) is 5.11. The van der Waals surface area contributed by atoms with Crippen molar-refractivity contribution in [1.29, 1.82) is 0 Å². The Hall–Kier alpha value is -1.27. The summed E-state index contributed by atoms with van der Waals surface area (Å²) in [6, 6.07) is 6.56. The average molecular weight is 228 g/mol. The van der Waals surface area contributed by atoms with Crippen LogP contribution in [0.4, 0.5) is 4.53 Å². The third-order valence-electron chi connectivity index (χ3n) is 1.89. The monoisotopic (exact) mass is 228 g/mol. The molecule has 0 fully saturated rings. The van der Waals surface area contributed by atoms with Crippen molar-refractivity contribution in [2.24, 2.45) is 0 Å². The summed E-state index contributed by atoms with van der Waals surface area (Å²) in [7, 11) is -1.91. The topological polar surface area (TPSA) is 47.9 Å². The number of ether oxygens (including phenoxy) is 1. The van der Waals surface area contributed by atoms with Crippen molar-refractivity contribution in [2.75, 3.05) is 6.61 Å². The molecule has 0 atom stereocenters. The van der Waals surface area contributed by atoms with Crippen molar-refractivity contribution < 1.29 is 23.8 Å². The van der Waals surface area contributed by atoms with E-state index in [0.29, 0.717) is 12.4 Å². The Labute approximate surface area is 94.0 Å². The normalized spacial score (nSPS) is 9.94. The third kappa shape index (κ3) is 4.50. The van der Waals surface area contributed by atoms with Gasteiger partial charge in [-0.05, 0) is 18.6 Å². The minimum Gasteiger partial charge on any atom is -0.510 e. The first kappa shape index (κ1) is 12.8. The summed E-state index contributed by atoms with van der Waals surface area (Å²) in [5, 5.41) is 8.76. The summed E-state index contributed by atoms with van der Waals surface area (Å²) in [6.45, 7) is 2.68. The minimum atomic E-state index is -1.91. The molecule has 1 rings (SSSR count). The van der Waals surface area contributed by atoms with E-state index in [1.54, 1.807) is 24.3 Å². The molecule has 0 bridgehead atoms. The second-order valence-electron chi connectivity index (χ2n) is 3.19. The van der Waals surface area contributed by atoms with E-state index in [-0.39, 0.29) is 5.75 Å². The van der Waals surface area contributed by atoms with Crippen LogP contribution in [-0.2, 0) is 4.86 Å². The maximum Gasteiger partial charge on any atom is 0.743 e. The second kappa shape index (κ2) is 7.08. The molecule has 0 amide bonds. The van der Waals surface area contributed by atoms with Gasteiger partial charge >= 0.3 is 7.32 Å². The van der Waals surface area contributed by atoms with Crippen molar-refractivity contribution in [3.63, 3.8) is 0 Å². The standard InChI is InChI=1S/C10H14BFO4/c1-2-3-7-14-9-5-4-6-10(8-9)15-11(13)16-12/h4-6,8,13H,2-3,7H2,1H3. The summed E-state index contributed by atoms with van der Waals surface area (Å²) >= 11 is 0. The molecule has 0 aromatic heterocycles. The van der Waals surface area contributed by atoms with Crippen molar-refractivity contribution in [3.8, 4) is 11.5 Å². The first-order chi connectivity index (χ1) is 7.76. The van der Waals surface area contributed by atoms with Gasteiger partial charge in [-0.1, -0.05) is 23.9 Å². The molecule has 0 aliphatic carbocycles. The van der Waals surface area contributed by atoms with Crippen LogP contribution < -0.4 is 9.39 Å². The number of hydrogen-bond acceptors (Lipinski definition) is 4. The Balaban J connectivity index is 2.50. The highest BCUT2D eigenvalue weighted by Gasteiger charge is 2.19. The van der Waals surface area contributed by atoms with Gasteiger partial charge in [-0.2, -0.15) is 4.86 Å². The largest absolute Gasteiger partial charge is 0.743 e. The SMILES string of the molecule is CCCCOc1cccc(OB(O)OF)c1. The van der Waals surface area contributed by atoms with Gasteiger partial charge in [-0.15, -0.1) is 0 Å². The van der Waals surface area contributed by atoms with Gasteiger partial charge in [0.1, 0.15) is 11.5 Å². The fourth-order valence-corrected chi connectivity index (χ4v) is 1.11. The van der Waals surface area contributed by atoms with Gasteiger partial charge in [0.15, 0.2) is 0 Å². The zero-order valence-corrected chi connectivity index (χ0v) is 9.06. The van der Waals surface area contributed by atoms with Crippen molar-refractivity contribution in [2.45, 2.75) is 19.8 Å². The smallest absolute Gasteiger partial charge is 0.510 e. The summed E-state index contributed by atoms with van der Waals surface area (Å²) in [5.41, 5.74) is 0. The minimum absolute atomic E-state index is 0.277. The molecule has 16 heavy (non-hydrogen) atoms. The van der Waals surface area contributed by atoms with Crippen molar-refractivity contribution in [1.82, 2.24) is 0 Å². The molecule has 0 unspecified atom stereocenters. The number of halogens is 1. The number of rotatable bonds is 7. The van der Waals surface area contributed by atoms with Crippen LogP contribution in [0.25, 0.3) is 0 Å². The summed E-state index contributed by atoms with van der Waals surface area (Å²) in [4.78, 5) is 3.09. The first-order valence-corrected chi connectivity index (χ1v) is 5.11. The highest BCUT2D eigenvalue weighted by atomic mass is 19.3. The van der Waals surface area contributed by atoms with E-state index in [2.05, 4.69) is 16.4 Å². The number of hydrogen-bond donors (Lipinski definition) is 1. The maximum atomic E-state index is 11.5. The van der Waals surface area contributed by atoms with Crippen LogP contribution in [-0.4, -0.2) is 19.0 Å². The van der Waals surface area contributed by atoms with E-state index in [0.717, 1.165) is 12.8 Å². The van der Waals surface area contributed by atoms with E-state index in [4.69, 9.17) is 9.76 Å². The number of unbranched alkanes of at least 4 members (excludes halogenated alkanes) is 1. The quantitative estimate of drug-likeness (QED) is 0.573. The Morgan fingerprint density at radius 2 is 2.12 bits per heavy atom. The second-order valence-corrected chi connectivity index (χ2v) is 3.19. The van der Waals surface area contributed by atoms with Gasteiger partial charge in [0, 0.05) is 6.07 Å². The van der Waals surface area contributed by atoms with Gasteiger partial charge in [-0.25, -0.2) is 0 Å². The van der Waals surface area contributed by atoms with E-state index in [9.17, 15) is 4.53 Å². The van der Waals surface area contributed by atoms with E-state index < -0.39 is 7.32 Å². The zero-order valence-electron chi connectivity index (χ0n) is 9.06. The van der Waals surface area contributed by atoms with Gasteiger partial charge in [0.05, 0.1) is 6.61 Å². The molecule has 0 aliphatic rings. The van der Waals surface area contributed by atoms with Crippen molar-refractivity contribution >= 4 is 7.32 Å². The lowest BCUT2D eigenvalue weighted by Gasteiger charge is -2.08. The molecule has 88 valence electrons. The summed E-state index contributed by atoms with van der Waals surface area (Å²) < 4.78 is 21.6. The Morgan fingerprint density at radius 1 is 1.38 bits per heavy atom. The third-order valence-corrected chi connectivity index (χ3v) is 1.89. The molecule has 6 heteroatoms. The van der Waals surface area contributed by atoms with Gasteiger partial charge in [0.25, 0.3) is 0 Å². The molecule has 4 nitrogen and oxygen atoms in total. The molecule has 0 aliphatic heterocycles. The van der Waals surface area contributed by atoms with Crippen LogP contribution in [0.2, 0.25) is 0 Å². The van der Waals surface area contributed by atoms with E-state index in [1.165, 1.54) is 0 Å². The van der Waals surface area contributed by atoms with Crippen LogP contribution in [0.15, 0.2) is 24.3 Å². The lowest BCUT2D eigenvalue weighted by Crippen LogP contribution is -2.22. The predicted octanol–water partition coefficient (Wildman–Crippen LogP) is 2.12. The van der Waals surface area contributed by atoms with Crippen molar-refractivity contribution in [3.05, 3.63) is 24.3 Å². The predicted molar refractivity (Wildman–Crippen MR) is 57.6 cm³/mol. The Kier molecular flexibility index (Phi) is 5.67. The molecule has 1 aromatic carbocycles. The zero-order chi connectivity index (χ0) is 11.8. The molecule has 0 saturated carbocycles. The van der Waals surface area contributed by atoms with E-state index >= 15 is 0 Å². The molecular formula is C10H14BFO4. The lowest BCUT2D eigenvalue weighted by atomic mass is 10.2. The van der Waals surface area contributed by atoms with Crippen LogP contribution in [0.3, 0.4) is 0 Å². The van der Waals surface area contributed by atoms with Crippen LogP contribution in [0.5, 0.6) is 11.5 Å². The van der Waals surface area contributed by atoms with Crippen LogP contribution in [0, 0.1) is 0 Å². The molecular weight excluding hydrogens is 214 g/mol. The lowest BCUT2D eigenvalue weighted by molar-refractivity contribution is -0.0527. The number of benzene rings is 1. The molecule has 1 N–H and O–H groups in total. The molecule has 0 spiro atoms. The highest BCUT2D eigenvalue weighted by Crippen LogP contribution is 2.20. The fourth-order valence-electron chi connectivity index (χ4n) is 1.11. The van der Waals surface area contributed by atoms with Gasteiger partial charge < -0.3 is 14.4 Å². The molecule has 1 aromatic rings. The summed E-state index contributed by atoms with van der Waals surface area (Å²) in [6.07, 6.45) is 2.01. The van der Waals surface area contributed by atoms with Crippen LogP contribution >= 0.6 is 0 Å². The maximum absolute atomic E-state index is 11.5. The van der Waals surface area contributed by atoms with Gasteiger partial charge in [0.2, 0.25) is 0 Å². The Morgan fingerprint density at radius 3 is 2.81 bits per heavy atom. The van der Waals surface area contributed by atoms with E-state index in [1.807, 2.05) is 0 Å². The summed E-state index contributed by atoms with van der Waals surface area (Å²) in [5.74, 6) is 0.885. The molecule has 0 heterocycles. The molecule has 0 saturated heterocycles. The highest BCUT2D eigenvalue weighted by molar-refractivity contribution is 6.35. The van der Waals surface area contributed by atoms with Crippen LogP contribution in [0.1, 0.15) is 19.8 Å². The molecule has 0 radical (unpaired) electrons. The Bertz CT molecular complexity index is 311.